The highest BCUT2D eigenvalue weighted by molar-refractivity contribution is 7.23. The number of nitrogens with two attached hydrogens (primary N) is 1. The molecule has 0 saturated carbocycles. The van der Waals surface area contributed by atoms with Crippen molar-refractivity contribution < 1.29 is 0 Å². The molecule has 0 radical (unpaired) electrons. The van der Waals surface area contributed by atoms with E-state index >= 15 is 0 Å². The van der Waals surface area contributed by atoms with Crippen LogP contribution in [-0.4, -0.2) is 9.38 Å². The van der Waals surface area contributed by atoms with Crippen molar-refractivity contribution in [2.45, 2.75) is 19.9 Å². The van der Waals surface area contributed by atoms with E-state index in [1.165, 1.54) is 10.2 Å². The van der Waals surface area contributed by atoms with Gasteiger partial charge in [-0.2, -0.15) is 0 Å². The predicted molar refractivity (Wildman–Crippen MR) is 72.3 cm³/mol. The van der Waals surface area contributed by atoms with E-state index in [2.05, 4.69) is 47.5 Å². The Morgan fingerprint density at radius 3 is 2.82 bits per heavy atom. The lowest BCUT2D eigenvalue weighted by Gasteiger charge is -2.13. The Balaban J connectivity index is 2.32. The minimum atomic E-state index is -0.0180. The molecule has 0 aliphatic carbocycles. The van der Waals surface area contributed by atoms with Gasteiger partial charge in [0.05, 0.1) is 22.5 Å². The van der Waals surface area contributed by atoms with E-state index in [4.69, 9.17) is 5.73 Å². The highest BCUT2D eigenvalue weighted by Gasteiger charge is 2.18. The monoisotopic (exact) mass is 245 g/mol. The van der Waals surface area contributed by atoms with Crippen molar-refractivity contribution in [3.05, 3.63) is 36.3 Å². The zero-order valence-electron chi connectivity index (χ0n) is 9.92. The number of hydrogen-bond donors (Lipinski definition) is 1. The third kappa shape index (κ3) is 1.56. The van der Waals surface area contributed by atoms with Crippen LogP contribution in [0.2, 0.25) is 0 Å². The lowest BCUT2D eigenvalue weighted by molar-refractivity contribution is 0.490. The largest absolute Gasteiger partial charge is 0.321 e. The van der Waals surface area contributed by atoms with E-state index in [0.717, 1.165) is 10.7 Å². The van der Waals surface area contributed by atoms with E-state index in [1.54, 1.807) is 11.3 Å². The van der Waals surface area contributed by atoms with Crippen molar-refractivity contribution in [3.8, 4) is 0 Å². The van der Waals surface area contributed by atoms with Crippen LogP contribution in [0.4, 0.5) is 0 Å². The van der Waals surface area contributed by atoms with Crippen LogP contribution in [-0.2, 0) is 0 Å². The number of rotatable bonds is 2. The molecule has 3 nitrogen and oxygen atoms in total. The number of hydrogen-bond acceptors (Lipinski definition) is 3. The highest BCUT2D eigenvalue weighted by atomic mass is 32.1. The van der Waals surface area contributed by atoms with Gasteiger partial charge in [-0.1, -0.05) is 26.0 Å². The number of imidazole rings is 1. The van der Waals surface area contributed by atoms with E-state index in [9.17, 15) is 0 Å². The van der Waals surface area contributed by atoms with E-state index in [-0.39, 0.29) is 6.04 Å². The minimum Gasteiger partial charge on any atom is -0.321 e. The number of aromatic nitrogens is 2. The van der Waals surface area contributed by atoms with Crippen LogP contribution in [0.1, 0.15) is 25.7 Å². The molecule has 4 heteroatoms. The van der Waals surface area contributed by atoms with Crippen LogP contribution < -0.4 is 5.73 Å². The maximum Gasteiger partial charge on any atom is 0.131 e. The minimum absolute atomic E-state index is 0.0180. The van der Waals surface area contributed by atoms with Gasteiger partial charge in [-0.15, -0.1) is 11.3 Å². The van der Waals surface area contributed by atoms with Crippen molar-refractivity contribution >= 4 is 26.4 Å². The summed E-state index contributed by atoms with van der Waals surface area (Å²) in [6, 6.07) is 8.36. The fourth-order valence-corrected chi connectivity index (χ4v) is 3.06. The van der Waals surface area contributed by atoms with Gasteiger partial charge >= 0.3 is 0 Å². The van der Waals surface area contributed by atoms with Gasteiger partial charge < -0.3 is 5.73 Å². The Bertz CT molecular complexity index is 665. The van der Waals surface area contributed by atoms with Crippen molar-refractivity contribution in [1.82, 2.24) is 9.38 Å². The van der Waals surface area contributed by atoms with Crippen LogP contribution in [0.3, 0.4) is 0 Å². The summed E-state index contributed by atoms with van der Waals surface area (Å²) in [5.41, 5.74) is 7.42. The average molecular weight is 245 g/mol. The smallest absolute Gasteiger partial charge is 0.131 e. The lowest BCUT2D eigenvalue weighted by Crippen LogP contribution is -2.19. The molecule has 2 N–H and O–H groups in total. The predicted octanol–water partition coefficient (Wildman–Crippen LogP) is 3.20. The molecule has 0 saturated heterocycles. The van der Waals surface area contributed by atoms with E-state index < -0.39 is 0 Å². The van der Waals surface area contributed by atoms with Crippen LogP contribution in [0, 0.1) is 5.92 Å². The summed E-state index contributed by atoms with van der Waals surface area (Å²) in [5.74, 6) is 1.35. The van der Waals surface area contributed by atoms with Gasteiger partial charge in [0.1, 0.15) is 10.7 Å². The molecule has 3 rings (SSSR count). The second kappa shape index (κ2) is 3.82. The van der Waals surface area contributed by atoms with Gasteiger partial charge in [0.25, 0.3) is 0 Å². The molecule has 0 spiro atoms. The maximum absolute atomic E-state index is 6.22. The Morgan fingerprint density at radius 2 is 2.06 bits per heavy atom. The molecule has 1 atom stereocenters. The summed E-state index contributed by atoms with van der Waals surface area (Å²) in [4.78, 5) is 5.64. The first kappa shape index (κ1) is 10.7. The first-order chi connectivity index (χ1) is 8.18. The summed E-state index contributed by atoms with van der Waals surface area (Å²) in [5, 5.41) is 0. The van der Waals surface area contributed by atoms with Gasteiger partial charge in [0.15, 0.2) is 0 Å². The topological polar surface area (TPSA) is 43.3 Å². The van der Waals surface area contributed by atoms with E-state index in [0.29, 0.717) is 5.92 Å². The normalized spacial score (nSPS) is 13.9. The van der Waals surface area contributed by atoms with Crippen LogP contribution >= 0.6 is 11.3 Å². The summed E-state index contributed by atoms with van der Waals surface area (Å²) in [6.45, 7) is 4.25. The Kier molecular flexibility index (Phi) is 2.42. The molecule has 0 amide bonds. The van der Waals surface area contributed by atoms with Gasteiger partial charge in [-0.05, 0) is 18.1 Å². The maximum atomic E-state index is 6.22. The molecule has 3 aromatic rings. The van der Waals surface area contributed by atoms with Crippen LogP contribution in [0.15, 0.2) is 30.5 Å². The number of benzene rings is 1. The highest BCUT2D eigenvalue weighted by Crippen LogP contribution is 2.30. The Hall–Kier alpha value is -1.39. The van der Waals surface area contributed by atoms with Gasteiger partial charge in [-0.3, -0.25) is 4.40 Å². The van der Waals surface area contributed by atoms with Gasteiger partial charge in [0.2, 0.25) is 0 Å². The molecule has 2 aromatic heterocycles. The molecule has 17 heavy (non-hydrogen) atoms. The molecule has 0 bridgehead atoms. The molecular weight excluding hydrogens is 230 g/mol. The molecule has 1 unspecified atom stereocenters. The Morgan fingerprint density at radius 1 is 1.29 bits per heavy atom. The molecule has 88 valence electrons. The summed E-state index contributed by atoms with van der Waals surface area (Å²) >= 11 is 1.76. The molecule has 0 fully saturated rings. The molecule has 2 heterocycles. The molecule has 1 aromatic carbocycles. The number of thiazole rings is 1. The standard InChI is InChI=1S/C13H15N3S/c1-8(2)12(14)13-15-7-11-16(13)9-5-3-4-6-10(9)17-11/h3-8,12H,14H2,1-2H3. The number of fused-ring (bicyclic) bond motifs is 3. The molecular formula is C13H15N3S. The second-order valence-electron chi connectivity index (χ2n) is 4.63. The van der Waals surface area contributed by atoms with E-state index in [1.807, 2.05) is 6.20 Å². The first-order valence-electron chi connectivity index (χ1n) is 5.79. The van der Waals surface area contributed by atoms with Crippen molar-refractivity contribution in [2.75, 3.05) is 0 Å². The van der Waals surface area contributed by atoms with Crippen molar-refractivity contribution in [1.29, 1.82) is 0 Å². The summed E-state index contributed by atoms with van der Waals surface area (Å²) in [6.07, 6.45) is 1.92. The molecule has 0 aliphatic rings. The Labute approximate surface area is 104 Å². The van der Waals surface area contributed by atoms with Crippen molar-refractivity contribution in [2.24, 2.45) is 11.7 Å². The average Bonchev–Trinajstić information content (AvgIpc) is 2.86. The number of nitrogens with zero attached hydrogens (tertiary/aromatic N) is 2. The molecule has 0 aliphatic heterocycles. The zero-order valence-corrected chi connectivity index (χ0v) is 10.7. The third-order valence-corrected chi connectivity index (χ3v) is 4.16. The van der Waals surface area contributed by atoms with Crippen LogP contribution in [0.5, 0.6) is 0 Å². The zero-order chi connectivity index (χ0) is 12.0. The summed E-state index contributed by atoms with van der Waals surface area (Å²) < 4.78 is 3.46. The van der Waals surface area contributed by atoms with Gasteiger partial charge in [-0.25, -0.2) is 4.98 Å². The third-order valence-electron chi connectivity index (χ3n) is 3.09. The number of para-hydroxylation sites is 1. The van der Waals surface area contributed by atoms with Crippen molar-refractivity contribution in [3.63, 3.8) is 0 Å². The fraction of sp³-hybridized carbons (Fsp3) is 0.308. The lowest BCUT2D eigenvalue weighted by atomic mass is 10.1. The SMILES string of the molecule is CC(C)C(N)c1ncc2sc3ccccc3n12. The fourth-order valence-electron chi connectivity index (χ4n) is 2.04. The van der Waals surface area contributed by atoms with Gasteiger partial charge in [0, 0.05) is 0 Å². The quantitative estimate of drug-likeness (QED) is 0.753. The second-order valence-corrected chi connectivity index (χ2v) is 5.69. The van der Waals surface area contributed by atoms with Crippen LogP contribution in [0.25, 0.3) is 15.0 Å². The first-order valence-corrected chi connectivity index (χ1v) is 6.60. The summed E-state index contributed by atoms with van der Waals surface area (Å²) in [7, 11) is 0.